The Bertz CT molecular complexity index is 1280. The van der Waals surface area contributed by atoms with Crippen molar-refractivity contribution in [1.29, 1.82) is 0 Å². The molecule has 3 rings (SSSR count). The van der Waals surface area contributed by atoms with Gasteiger partial charge in [0.05, 0.1) is 12.8 Å². The topological polar surface area (TPSA) is 142 Å². The van der Waals surface area contributed by atoms with Crippen molar-refractivity contribution >= 4 is 41.2 Å². The molecule has 0 saturated carbocycles. The normalized spacial score (nSPS) is 10.6. The van der Waals surface area contributed by atoms with Crippen molar-refractivity contribution in [3.05, 3.63) is 82.8 Å². The van der Waals surface area contributed by atoms with Gasteiger partial charge in [-0.05, 0) is 68.3 Å². The third kappa shape index (κ3) is 7.39. The van der Waals surface area contributed by atoms with Crippen LogP contribution in [0.4, 0.5) is 11.4 Å². The molecule has 0 aliphatic rings. The van der Waals surface area contributed by atoms with E-state index in [0.29, 0.717) is 17.1 Å². The summed E-state index contributed by atoms with van der Waals surface area (Å²) >= 11 is 0. The molecule has 0 bridgehead atoms. The second kappa shape index (κ2) is 11.4. The van der Waals surface area contributed by atoms with E-state index < -0.39 is 23.6 Å². The van der Waals surface area contributed by atoms with E-state index in [1.54, 1.807) is 36.4 Å². The van der Waals surface area contributed by atoms with Gasteiger partial charge in [0.15, 0.2) is 0 Å². The van der Waals surface area contributed by atoms with Gasteiger partial charge in [-0.15, -0.1) is 0 Å². The van der Waals surface area contributed by atoms with Crippen molar-refractivity contribution in [2.24, 2.45) is 5.10 Å². The average molecular weight is 476 g/mol. The van der Waals surface area contributed by atoms with E-state index in [2.05, 4.69) is 26.5 Å². The van der Waals surface area contributed by atoms with Gasteiger partial charge >= 0.3 is 23.6 Å². The van der Waals surface area contributed by atoms with Gasteiger partial charge in [0.2, 0.25) is 0 Å². The minimum Gasteiger partial charge on any atom is -0.458 e. The summed E-state index contributed by atoms with van der Waals surface area (Å²) in [5.74, 6) is -2.80. The van der Waals surface area contributed by atoms with Crippen LogP contribution in [0.15, 0.2) is 64.1 Å². The maximum atomic E-state index is 12.0. The molecule has 180 valence electrons. The Kier molecular flexibility index (Phi) is 8.12. The molecule has 2 aromatic carbocycles. The highest BCUT2D eigenvalue weighted by molar-refractivity contribution is 6.40. The summed E-state index contributed by atoms with van der Waals surface area (Å²) in [7, 11) is 0. The number of aryl methyl sites for hydroxylation is 3. The van der Waals surface area contributed by atoms with Crippen LogP contribution < -0.4 is 21.4 Å². The van der Waals surface area contributed by atoms with Crippen LogP contribution in [0.1, 0.15) is 28.2 Å². The van der Waals surface area contributed by atoms with Crippen LogP contribution in [0.25, 0.3) is 0 Å². The minimum absolute atomic E-state index is 0.0290. The fourth-order valence-electron chi connectivity index (χ4n) is 2.84. The lowest BCUT2D eigenvalue weighted by molar-refractivity contribution is -0.136. The lowest BCUT2D eigenvalue weighted by Crippen LogP contribution is -2.34. The summed E-state index contributed by atoms with van der Waals surface area (Å²) in [5.41, 5.74) is 6.21. The minimum atomic E-state index is -0.946. The molecule has 0 radical (unpaired) electrons. The lowest BCUT2D eigenvalue weighted by Gasteiger charge is -2.06. The van der Waals surface area contributed by atoms with Gasteiger partial charge in [-0.25, -0.2) is 5.43 Å². The largest absolute Gasteiger partial charge is 0.458 e. The standard InChI is InChI=1S/C25H25N5O5/c1-15-4-7-18(8-5-15)28-23(32)22(31)26-13-20-10-11-21(35-20)14-27-30-25(34)24(33)29-19-9-6-16(2)17(3)12-19/h4-12,14H,13H2,1-3H3,(H,26,31)(H,28,32)(H,29,33)(H,30,34)/b27-14+. The molecule has 0 fully saturated rings. The number of rotatable bonds is 6. The maximum absolute atomic E-state index is 12.0. The lowest BCUT2D eigenvalue weighted by atomic mass is 10.1. The molecule has 0 atom stereocenters. The van der Waals surface area contributed by atoms with E-state index in [1.165, 1.54) is 6.21 Å². The Labute approximate surface area is 201 Å². The van der Waals surface area contributed by atoms with Gasteiger partial charge in [0.1, 0.15) is 11.5 Å². The third-order valence-electron chi connectivity index (χ3n) is 4.95. The monoisotopic (exact) mass is 475 g/mol. The van der Waals surface area contributed by atoms with Crippen molar-refractivity contribution < 1.29 is 23.6 Å². The van der Waals surface area contributed by atoms with Crippen LogP contribution in [-0.2, 0) is 25.7 Å². The number of anilines is 2. The zero-order valence-electron chi connectivity index (χ0n) is 19.5. The molecule has 0 unspecified atom stereocenters. The highest BCUT2D eigenvalue weighted by Crippen LogP contribution is 2.14. The number of nitrogens with one attached hydrogen (secondary N) is 4. The molecule has 4 amide bonds. The first-order valence-electron chi connectivity index (χ1n) is 10.7. The molecule has 10 heteroatoms. The number of benzene rings is 2. The molecular formula is C25H25N5O5. The zero-order valence-corrected chi connectivity index (χ0v) is 19.5. The fourth-order valence-corrected chi connectivity index (χ4v) is 2.84. The summed E-state index contributed by atoms with van der Waals surface area (Å²) in [4.78, 5) is 47.9. The first-order valence-corrected chi connectivity index (χ1v) is 10.7. The molecule has 1 aromatic heterocycles. The van der Waals surface area contributed by atoms with Crippen molar-refractivity contribution in [2.45, 2.75) is 27.3 Å². The number of nitrogens with zero attached hydrogens (tertiary/aromatic N) is 1. The summed E-state index contributed by atoms with van der Waals surface area (Å²) < 4.78 is 5.46. The van der Waals surface area contributed by atoms with Gasteiger partial charge < -0.3 is 20.4 Å². The van der Waals surface area contributed by atoms with E-state index in [-0.39, 0.29) is 12.3 Å². The summed E-state index contributed by atoms with van der Waals surface area (Å²) in [6.07, 6.45) is 1.20. The van der Waals surface area contributed by atoms with E-state index in [0.717, 1.165) is 16.7 Å². The number of hydrogen-bond acceptors (Lipinski definition) is 6. The van der Waals surface area contributed by atoms with Crippen LogP contribution in [0, 0.1) is 20.8 Å². The van der Waals surface area contributed by atoms with Gasteiger partial charge in [0.25, 0.3) is 0 Å². The Balaban J connectivity index is 1.43. The number of carbonyl (C=O) groups is 4. The summed E-state index contributed by atoms with van der Waals surface area (Å²) in [5, 5.41) is 11.1. The number of furan rings is 1. The van der Waals surface area contributed by atoms with Crippen LogP contribution in [0.5, 0.6) is 0 Å². The predicted octanol–water partition coefficient (Wildman–Crippen LogP) is 2.55. The molecule has 1 heterocycles. The van der Waals surface area contributed by atoms with Crippen molar-refractivity contribution in [3.8, 4) is 0 Å². The molecule has 35 heavy (non-hydrogen) atoms. The molecule has 0 aliphatic carbocycles. The highest BCUT2D eigenvalue weighted by Gasteiger charge is 2.15. The summed E-state index contributed by atoms with van der Waals surface area (Å²) in [6.45, 7) is 5.73. The van der Waals surface area contributed by atoms with Crippen molar-refractivity contribution in [1.82, 2.24) is 10.7 Å². The molecule has 0 saturated heterocycles. The number of hydrazone groups is 1. The summed E-state index contributed by atoms with van der Waals surface area (Å²) in [6, 6.07) is 15.5. The number of carbonyl (C=O) groups excluding carboxylic acids is 4. The van der Waals surface area contributed by atoms with Gasteiger partial charge in [-0.3, -0.25) is 19.2 Å². The maximum Gasteiger partial charge on any atom is 0.329 e. The molecule has 4 N–H and O–H groups in total. The first kappa shape index (κ1) is 24.9. The van der Waals surface area contributed by atoms with Crippen LogP contribution >= 0.6 is 0 Å². The molecule has 10 nitrogen and oxygen atoms in total. The molecule has 3 aromatic rings. The second-order valence-electron chi connectivity index (χ2n) is 7.76. The Morgan fingerprint density at radius 3 is 2.14 bits per heavy atom. The van der Waals surface area contributed by atoms with Gasteiger partial charge in [0, 0.05) is 11.4 Å². The van der Waals surface area contributed by atoms with E-state index in [4.69, 9.17) is 4.42 Å². The molecule has 0 aliphatic heterocycles. The van der Waals surface area contributed by atoms with E-state index in [9.17, 15) is 19.2 Å². The smallest absolute Gasteiger partial charge is 0.329 e. The Hall–Kier alpha value is -4.73. The van der Waals surface area contributed by atoms with Gasteiger partial charge in [-0.1, -0.05) is 23.8 Å². The fraction of sp³-hybridized carbons (Fsp3) is 0.160. The zero-order chi connectivity index (χ0) is 25.4. The van der Waals surface area contributed by atoms with Crippen LogP contribution in [0.3, 0.4) is 0 Å². The first-order chi connectivity index (χ1) is 16.7. The van der Waals surface area contributed by atoms with E-state index in [1.807, 2.05) is 39.0 Å². The van der Waals surface area contributed by atoms with E-state index >= 15 is 0 Å². The SMILES string of the molecule is Cc1ccc(NC(=O)C(=O)NCc2ccc(/C=N/NC(=O)C(=O)Nc3ccc(C)c(C)c3)o2)cc1. The number of amides is 4. The van der Waals surface area contributed by atoms with Crippen molar-refractivity contribution in [2.75, 3.05) is 10.6 Å². The highest BCUT2D eigenvalue weighted by atomic mass is 16.3. The Morgan fingerprint density at radius 1 is 0.771 bits per heavy atom. The third-order valence-corrected chi connectivity index (χ3v) is 4.95. The Morgan fingerprint density at radius 2 is 1.43 bits per heavy atom. The average Bonchev–Trinajstić information content (AvgIpc) is 3.28. The molecule has 0 spiro atoms. The second-order valence-corrected chi connectivity index (χ2v) is 7.76. The van der Waals surface area contributed by atoms with Crippen LogP contribution in [-0.4, -0.2) is 29.8 Å². The van der Waals surface area contributed by atoms with Crippen LogP contribution in [0.2, 0.25) is 0 Å². The number of hydrogen-bond donors (Lipinski definition) is 4. The predicted molar refractivity (Wildman–Crippen MR) is 131 cm³/mol. The van der Waals surface area contributed by atoms with Crippen molar-refractivity contribution in [3.63, 3.8) is 0 Å². The molecular weight excluding hydrogens is 450 g/mol. The quantitative estimate of drug-likeness (QED) is 0.246. The van der Waals surface area contributed by atoms with Gasteiger partial charge in [-0.2, -0.15) is 5.10 Å².